The first kappa shape index (κ1) is 24.5. The quantitative estimate of drug-likeness (QED) is 0.568. The van der Waals surface area contributed by atoms with Gasteiger partial charge in [-0.2, -0.15) is 5.26 Å². The Labute approximate surface area is 193 Å². The zero-order chi connectivity index (χ0) is 24.2. The van der Waals surface area contributed by atoms with Gasteiger partial charge >= 0.3 is 5.97 Å². The molecular weight excluding hydrogens is 444 g/mol. The van der Waals surface area contributed by atoms with Crippen LogP contribution in [0.4, 0.5) is 5.82 Å². The lowest BCUT2D eigenvalue weighted by Gasteiger charge is -2.19. The smallest absolute Gasteiger partial charge is 0.338 e. The molecule has 1 saturated carbocycles. The van der Waals surface area contributed by atoms with Crippen molar-refractivity contribution in [3.8, 4) is 6.07 Å². The molecule has 0 unspecified atom stereocenters. The molecule has 176 valence electrons. The molecule has 2 N–H and O–H groups in total. The molecular formula is C23H28N4O5S. The molecule has 0 bridgehead atoms. The van der Waals surface area contributed by atoms with E-state index in [-0.39, 0.29) is 23.0 Å². The van der Waals surface area contributed by atoms with E-state index in [1.165, 1.54) is 24.3 Å². The summed E-state index contributed by atoms with van der Waals surface area (Å²) in [5.74, 6) is -0.968. The average Bonchev–Trinajstić information content (AvgIpc) is 3.39. The predicted molar refractivity (Wildman–Crippen MR) is 122 cm³/mol. The fraction of sp³-hybridized carbons (Fsp3) is 0.435. The Balaban J connectivity index is 1.72. The third kappa shape index (κ3) is 5.26. The van der Waals surface area contributed by atoms with Gasteiger partial charge in [-0.25, -0.2) is 17.9 Å². The van der Waals surface area contributed by atoms with E-state index < -0.39 is 28.5 Å². The number of ether oxygens (including phenoxy) is 1. The van der Waals surface area contributed by atoms with Crippen molar-refractivity contribution in [2.75, 3.05) is 18.5 Å². The second kappa shape index (κ2) is 10.2. The fourth-order valence-corrected chi connectivity index (χ4v) is 5.24. The number of benzene rings is 1. The highest BCUT2D eigenvalue weighted by Gasteiger charge is 2.27. The Bertz CT molecular complexity index is 1200. The molecule has 0 spiro atoms. The lowest BCUT2D eigenvalue weighted by molar-refractivity contribution is -0.119. The molecule has 1 amide bonds. The van der Waals surface area contributed by atoms with Crippen LogP contribution in [0.3, 0.4) is 0 Å². The van der Waals surface area contributed by atoms with Gasteiger partial charge in [0.15, 0.2) is 6.61 Å². The van der Waals surface area contributed by atoms with Crippen molar-refractivity contribution in [3.63, 3.8) is 0 Å². The summed E-state index contributed by atoms with van der Waals surface area (Å²) in [5.41, 5.74) is 2.17. The van der Waals surface area contributed by atoms with Gasteiger partial charge in [0.05, 0.1) is 16.0 Å². The fourth-order valence-electron chi connectivity index (χ4n) is 4.15. The number of carbonyl (C=O) groups is 2. The van der Waals surface area contributed by atoms with Crippen LogP contribution in [0.2, 0.25) is 0 Å². The number of aromatic nitrogens is 1. The van der Waals surface area contributed by atoms with Gasteiger partial charge in [-0.3, -0.25) is 4.79 Å². The zero-order valence-corrected chi connectivity index (χ0v) is 19.8. The van der Waals surface area contributed by atoms with E-state index in [0.717, 1.165) is 36.9 Å². The molecule has 1 aliphatic rings. The van der Waals surface area contributed by atoms with E-state index in [1.807, 2.05) is 18.4 Å². The number of nitriles is 1. The van der Waals surface area contributed by atoms with E-state index in [4.69, 9.17) is 4.74 Å². The van der Waals surface area contributed by atoms with Crippen LogP contribution in [0.5, 0.6) is 0 Å². The van der Waals surface area contributed by atoms with Crippen molar-refractivity contribution in [2.24, 2.45) is 0 Å². The number of rotatable bonds is 8. The molecule has 1 heterocycles. The van der Waals surface area contributed by atoms with Crippen molar-refractivity contribution in [3.05, 3.63) is 46.6 Å². The van der Waals surface area contributed by atoms with Gasteiger partial charge in [-0.15, -0.1) is 0 Å². The molecule has 1 aromatic heterocycles. The SMILES string of the molecule is CCNS(=O)(=O)c1cccc(C(=O)OCC(=O)Nc2c(C#N)c(C)c(C)n2C2CCCC2)c1. The summed E-state index contributed by atoms with van der Waals surface area (Å²) in [4.78, 5) is 25.0. The highest BCUT2D eigenvalue weighted by molar-refractivity contribution is 7.89. The minimum Gasteiger partial charge on any atom is -0.452 e. The van der Waals surface area contributed by atoms with Crippen molar-refractivity contribution in [1.29, 1.82) is 5.26 Å². The number of sulfonamides is 1. The second-order valence-corrected chi connectivity index (χ2v) is 9.77. The largest absolute Gasteiger partial charge is 0.452 e. The number of esters is 1. The lowest BCUT2D eigenvalue weighted by Crippen LogP contribution is -2.24. The topological polar surface area (TPSA) is 130 Å². The van der Waals surface area contributed by atoms with E-state index in [2.05, 4.69) is 16.1 Å². The van der Waals surface area contributed by atoms with Crippen LogP contribution in [0, 0.1) is 25.2 Å². The third-order valence-electron chi connectivity index (χ3n) is 5.86. The lowest BCUT2D eigenvalue weighted by atomic mass is 10.2. The minimum absolute atomic E-state index is 0.0144. The summed E-state index contributed by atoms with van der Waals surface area (Å²) in [7, 11) is -3.73. The number of nitrogens with one attached hydrogen (secondary N) is 2. The van der Waals surface area contributed by atoms with E-state index in [1.54, 1.807) is 6.92 Å². The highest BCUT2D eigenvalue weighted by Crippen LogP contribution is 2.37. The third-order valence-corrected chi connectivity index (χ3v) is 7.41. The van der Waals surface area contributed by atoms with Crippen LogP contribution in [0.15, 0.2) is 29.2 Å². The Hall–Kier alpha value is -3.16. The van der Waals surface area contributed by atoms with Gasteiger partial charge in [0.1, 0.15) is 11.9 Å². The maximum absolute atomic E-state index is 12.6. The van der Waals surface area contributed by atoms with Gasteiger partial charge in [0.25, 0.3) is 5.91 Å². The number of nitrogens with zero attached hydrogens (tertiary/aromatic N) is 2. The Morgan fingerprint density at radius 2 is 1.94 bits per heavy atom. The summed E-state index contributed by atoms with van der Waals surface area (Å²) < 4.78 is 33.8. The molecule has 33 heavy (non-hydrogen) atoms. The van der Waals surface area contributed by atoms with Crippen molar-refractivity contribution in [2.45, 2.75) is 57.4 Å². The second-order valence-electron chi connectivity index (χ2n) is 8.01. The summed E-state index contributed by atoms with van der Waals surface area (Å²) >= 11 is 0. The number of anilines is 1. The molecule has 0 atom stereocenters. The van der Waals surface area contributed by atoms with Crippen molar-refractivity contribution in [1.82, 2.24) is 9.29 Å². The predicted octanol–water partition coefficient (Wildman–Crippen LogP) is 3.19. The van der Waals surface area contributed by atoms with Gasteiger partial charge in [-0.05, 0) is 50.5 Å². The summed E-state index contributed by atoms with van der Waals surface area (Å²) in [6, 6.07) is 7.79. The summed E-state index contributed by atoms with van der Waals surface area (Å²) in [6.07, 6.45) is 4.14. The van der Waals surface area contributed by atoms with Crippen LogP contribution in [-0.4, -0.2) is 38.0 Å². The van der Waals surface area contributed by atoms with Crippen molar-refractivity contribution >= 4 is 27.7 Å². The Morgan fingerprint density at radius 3 is 2.58 bits per heavy atom. The number of hydrogen-bond donors (Lipinski definition) is 2. The number of amides is 1. The Kier molecular flexibility index (Phi) is 7.56. The van der Waals surface area contributed by atoms with Gasteiger partial charge in [0, 0.05) is 18.3 Å². The first-order valence-corrected chi connectivity index (χ1v) is 12.4. The van der Waals surface area contributed by atoms with Crippen LogP contribution in [0.25, 0.3) is 0 Å². The van der Waals surface area contributed by atoms with Gasteiger partial charge in [-0.1, -0.05) is 25.8 Å². The molecule has 0 saturated heterocycles. The minimum atomic E-state index is -3.73. The molecule has 10 heteroatoms. The monoisotopic (exact) mass is 472 g/mol. The molecule has 2 aromatic rings. The maximum Gasteiger partial charge on any atom is 0.338 e. The first-order valence-electron chi connectivity index (χ1n) is 10.9. The van der Waals surface area contributed by atoms with Gasteiger partial charge < -0.3 is 14.6 Å². The molecule has 0 aliphatic heterocycles. The maximum atomic E-state index is 12.6. The van der Waals surface area contributed by atoms with Crippen LogP contribution < -0.4 is 10.0 Å². The number of carbonyl (C=O) groups excluding carboxylic acids is 2. The summed E-state index contributed by atoms with van der Waals surface area (Å²) in [6.45, 7) is 5.07. The zero-order valence-electron chi connectivity index (χ0n) is 19.0. The molecule has 1 aliphatic carbocycles. The molecule has 1 fully saturated rings. The van der Waals surface area contributed by atoms with Gasteiger partial charge in [0.2, 0.25) is 10.0 Å². The molecule has 1 aromatic carbocycles. The van der Waals surface area contributed by atoms with Crippen molar-refractivity contribution < 1.29 is 22.7 Å². The summed E-state index contributed by atoms with van der Waals surface area (Å²) in [5, 5.41) is 12.4. The molecule has 9 nitrogen and oxygen atoms in total. The standard InChI is InChI=1S/C23H28N4O5S/c1-4-25-33(30,31)19-11-7-8-17(12-19)23(29)32-14-21(28)26-22-20(13-24)15(2)16(3)27(22)18-9-5-6-10-18/h7-8,11-12,18,25H,4-6,9-10,14H2,1-3H3,(H,26,28). The molecule has 3 rings (SSSR count). The Morgan fingerprint density at radius 1 is 1.24 bits per heavy atom. The highest BCUT2D eigenvalue weighted by atomic mass is 32.2. The first-order chi connectivity index (χ1) is 15.7. The van der Waals surface area contributed by atoms with Crippen LogP contribution in [-0.2, 0) is 19.6 Å². The van der Waals surface area contributed by atoms with E-state index in [0.29, 0.717) is 11.4 Å². The van der Waals surface area contributed by atoms with Crippen LogP contribution in [0.1, 0.15) is 65.8 Å². The normalized spacial score (nSPS) is 14.1. The molecule has 0 radical (unpaired) electrons. The van der Waals surface area contributed by atoms with E-state index >= 15 is 0 Å². The average molecular weight is 473 g/mol. The number of hydrogen-bond acceptors (Lipinski definition) is 6. The van der Waals surface area contributed by atoms with Crippen LogP contribution >= 0.6 is 0 Å². The van der Waals surface area contributed by atoms with E-state index in [9.17, 15) is 23.3 Å².